The third-order valence-corrected chi connectivity index (χ3v) is 5.27. The normalized spacial score (nSPS) is 15.3. The largest absolute Gasteiger partial charge is 0.508 e. The molecule has 0 atom stereocenters. The van der Waals surface area contributed by atoms with E-state index in [0.29, 0.717) is 20.5 Å². The lowest BCUT2D eigenvalue weighted by Crippen LogP contribution is -2.31. The van der Waals surface area contributed by atoms with Crippen molar-refractivity contribution in [3.05, 3.63) is 52.9 Å². The molecule has 1 saturated heterocycles. The fraction of sp³-hybridized carbons (Fsp3) is 0.105. The molecule has 1 fully saturated rings. The molecule has 0 spiro atoms. The lowest BCUT2D eigenvalue weighted by Gasteiger charge is -2.14. The maximum Gasteiger partial charge on any atom is 0.266 e. The minimum absolute atomic E-state index is 0.0467. The summed E-state index contributed by atoms with van der Waals surface area (Å²) in [5.74, 6) is -0.776. The maximum absolute atomic E-state index is 12.6. The highest BCUT2D eigenvalue weighted by Gasteiger charge is 2.32. The number of phenolic OH excluding ortho intramolecular Hbond substituents is 3. The number of nitrogens with zero attached hydrogens (tertiary/aromatic N) is 1. The zero-order valence-corrected chi connectivity index (χ0v) is 16.1. The minimum atomic E-state index is -0.347. The number of amides is 2. The lowest BCUT2D eigenvalue weighted by atomic mass is 10.1. The van der Waals surface area contributed by atoms with Crippen LogP contribution < -0.4 is 5.32 Å². The van der Waals surface area contributed by atoms with Crippen molar-refractivity contribution in [2.24, 2.45) is 0 Å². The van der Waals surface area contributed by atoms with Crippen molar-refractivity contribution in [1.82, 2.24) is 4.90 Å². The number of nitrogens with one attached hydrogen (secondary N) is 1. The summed E-state index contributed by atoms with van der Waals surface area (Å²) in [6.45, 7) is 0.119. The summed E-state index contributed by atoms with van der Waals surface area (Å²) < 4.78 is 0.326. The molecule has 2 amide bonds. The van der Waals surface area contributed by atoms with Crippen LogP contribution in [0, 0.1) is 0 Å². The van der Waals surface area contributed by atoms with E-state index in [1.807, 2.05) is 0 Å². The molecule has 4 N–H and O–H groups in total. The predicted molar refractivity (Wildman–Crippen MR) is 111 cm³/mol. The van der Waals surface area contributed by atoms with Crippen LogP contribution in [0.15, 0.2) is 47.4 Å². The van der Waals surface area contributed by atoms with Gasteiger partial charge in [-0.15, -0.1) is 0 Å². The molecular weight excluding hydrogens is 400 g/mol. The molecule has 28 heavy (non-hydrogen) atoms. The molecule has 1 heterocycles. The summed E-state index contributed by atoms with van der Waals surface area (Å²) in [6.07, 6.45) is 1.54. The third kappa shape index (κ3) is 4.62. The van der Waals surface area contributed by atoms with E-state index in [4.69, 9.17) is 12.2 Å². The first-order valence-corrected chi connectivity index (χ1v) is 9.42. The zero-order chi connectivity index (χ0) is 20.3. The van der Waals surface area contributed by atoms with Crippen molar-refractivity contribution < 1.29 is 24.9 Å². The molecule has 0 saturated carbocycles. The first-order chi connectivity index (χ1) is 13.3. The molecule has 7 nitrogen and oxygen atoms in total. The second-order valence-electron chi connectivity index (χ2n) is 5.92. The van der Waals surface area contributed by atoms with Crippen LogP contribution in [-0.4, -0.2) is 42.9 Å². The van der Waals surface area contributed by atoms with Gasteiger partial charge in [0, 0.05) is 30.3 Å². The van der Waals surface area contributed by atoms with Crippen LogP contribution >= 0.6 is 24.0 Å². The van der Waals surface area contributed by atoms with E-state index < -0.39 is 0 Å². The van der Waals surface area contributed by atoms with Crippen LogP contribution in [0.5, 0.6) is 17.2 Å². The van der Waals surface area contributed by atoms with Gasteiger partial charge in [-0.2, -0.15) is 0 Å². The number of thioether (sulfide) groups is 1. The zero-order valence-electron chi connectivity index (χ0n) is 14.5. The topological polar surface area (TPSA) is 110 Å². The number of benzene rings is 2. The Morgan fingerprint density at radius 2 is 1.79 bits per heavy atom. The summed E-state index contributed by atoms with van der Waals surface area (Å²) >= 11 is 6.31. The van der Waals surface area contributed by atoms with Crippen LogP contribution in [0.4, 0.5) is 5.69 Å². The van der Waals surface area contributed by atoms with Gasteiger partial charge in [-0.3, -0.25) is 14.5 Å². The predicted octanol–water partition coefficient (Wildman–Crippen LogP) is 3.03. The monoisotopic (exact) mass is 416 g/mol. The van der Waals surface area contributed by atoms with Crippen LogP contribution in [0.25, 0.3) is 6.08 Å². The summed E-state index contributed by atoms with van der Waals surface area (Å²) in [5, 5.41) is 31.1. The number of carbonyl (C=O) groups excluding carboxylic acids is 2. The first-order valence-electron chi connectivity index (χ1n) is 8.20. The molecule has 9 heteroatoms. The van der Waals surface area contributed by atoms with Crippen LogP contribution in [0.1, 0.15) is 12.0 Å². The van der Waals surface area contributed by atoms with E-state index in [1.54, 1.807) is 12.1 Å². The highest BCUT2D eigenvalue weighted by Crippen LogP contribution is 2.34. The number of carbonyl (C=O) groups is 2. The number of aromatic hydroxyl groups is 3. The molecule has 1 aliphatic rings. The van der Waals surface area contributed by atoms with Crippen molar-refractivity contribution in [2.45, 2.75) is 6.42 Å². The van der Waals surface area contributed by atoms with Gasteiger partial charge in [0.25, 0.3) is 5.91 Å². The van der Waals surface area contributed by atoms with Crippen molar-refractivity contribution in [3.8, 4) is 17.2 Å². The molecule has 0 radical (unpaired) electrons. The van der Waals surface area contributed by atoms with E-state index in [-0.39, 0.29) is 42.0 Å². The number of phenols is 3. The van der Waals surface area contributed by atoms with E-state index in [9.17, 15) is 24.9 Å². The molecule has 0 aliphatic carbocycles. The fourth-order valence-electron chi connectivity index (χ4n) is 2.47. The summed E-state index contributed by atoms with van der Waals surface area (Å²) in [7, 11) is 0. The average molecular weight is 416 g/mol. The Bertz CT molecular complexity index is 973. The quantitative estimate of drug-likeness (QED) is 0.337. The van der Waals surface area contributed by atoms with Gasteiger partial charge in [-0.05, 0) is 42.5 Å². The van der Waals surface area contributed by atoms with Gasteiger partial charge in [0.2, 0.25) is 5.91 Å². The number of anilines is 1. The van der Waals surface area contributed by atoms with Gasteiger partial charge in [-0.1, -0.05) is 24.0 Å². The second-order valence-corrected chi connectivity index (χ2v) is 7.60. The summed E-state index contributed by atoms with van der Waals surface area (Å²) in [5.41, 5.74) is 0.916. The van der Waals surface area contributed by atoms with Gasteiger partial charge < -0.3 is 20.6 Å². The third-order valence-electron chi connectivity index (χ3n) is 3.89. The van der Waals surface area contributed by atoms with Gasteiger partial charge >= 0.3 is 0 Å². The highest BCUT2D eigenvalue weighted by molar-refractivity contribution is 8.26. The first kappa shape index (κ1) is 19.7. The number of thiocarbonyl (C=S) groups is 1. The Morgan fingerprint density at radius 3 is 2.46 bits per heavy atom. The molecule has 0 aromatic heterocycles. The van der Waals surface area contributed by atoms with E-state index in [2.05, 4.69) is 5.32 Å². The number of hydrogen-bond acceptors (Lipinski definition) is 7. The Balaban J connectivity index is 1.62. The molecule has 2 aromatic rings. The van der Waals surface area contributed by atoms with Crippen molar-refractivity contribution in [3.63, 3.8) is 0 Å². The van der Waals surface area contributed by atoms with E-state index in [0.717, 1.165) is 11.8 Å². The molecule has 144 valence electrons. The molecular formula is C19H16N2O5S2. The summed E-state index contributed by atoms with van der Waals surface area (Å²) in [6, 6.07) is 10.1. The SMILES string of the molecule is O=C(CCN1C(=O)/C(=C/c2ccc(O)cc2O)SC1=S)Nc1ccc(O)cc1. The van der Waals surface area contributed by atoms with Crippen LogP contribution in [0.2, 0.25) is 0 Å². The molecule has 0 bridgehead atoms. The molecule has 1 aliphatic heterocycles. The molecule has 2 aromatic carbocycles. The minimum Gasteiger partial charge on any atom is -0.508 e. The number of hydrogen-bond donors (Lipinski definition) is 4. The van der Waals surface area contributed by atoms with Crippen molar-refractivity contribution in [2.75, 3.05) is 11.9 Å². The Kier molecular flexibility index (Phi) is 5.86. The lowest BCUT2D eigenvalue weighted by molar-refractivity contribution is -0.122. The standard InChI is InChI=1S/C19H16N2O5S2/c22-13-5-2-12(3-6-13)20-17(25)7-8-21-18(26)16(28-19(21)27)9-11-1-4-14(23)10-15(11)24/h1-6,9-10,22-24H,7-8H2,(H,20,25)/b16-9-. The van der Waals surface area contributed by atoms with E-state index >= 15 is 0 Å². The fourth-order valence-corrected chi connectivity index (χ4v) is 3.77. The van der Waals surface area contributed by atoms with Crippen LogP contribution in [-0.2, 0) is 9.59 Å². The Morgan fingerprint density at radius 1 is 1.11 bits per heavy atom. The van der Waals surface area contributed by atoms with Gasteiger partial charge in [0.1, 0.15) is 21.6 Å². The average Bonchev–Trinajstić information content (AvgIpc) is 2.91. The Labute approximate surface area is 170 Å². The number of rotatable bonds is 5. The van der Waals surface area contributed by atoms with Gasteiger partial charge in [0.15, 0.2) is 0 Å². The second kappa shape index (κ2) is 8.32. The Hall–Kier alpha value is -3.04. The van der Waals surface area contributed by atoms with Gasteiger partial charge in [-0.25, -0.2) is 0 Å². The van der Waals surface area contributed by atoms with Crippen molar-refractivity contribution >= 4 is 51.9 Å². The van der Waals surface area contributed by atoms with Crippen LogP contribution in [0.3, 0.4) is 0 Å². The summed E-state index contributed by atoms with van der Waals surface area (Å²) in [4.78, 5) is 26.3. The van der Waals surface area contributed by atoms with E-state index in [1.165, 1.54) is 41.3 Å². The molecule has 3 rings (SSSR count). The maximum atomic E-state index is 12.6. The smallest absolute Gasteiger partial charge is 0.266 e. The van der Waals surface area contributed by atoms with Gasteiger partial charge in [0.05, 0.1) is 4.91 Å². The highest BCUT2D eigenvalue weighted by atomic mass is 32.2. The van der Waals surface area contributed by atoms with Crippen molar-refractivity contribution in [1.29, 1.82) is 0 Å². The molecule has 0 unspecified atom stereocenters.